The zero-order valence-corrected chi connectivity index (χ0v) is 11.1. The van der Waals surface area contributed by atoms with Crippen LogP contribution < -0.4 is 10.6 Å². The normalized spacial score (nSPS) is 10.0. The number of nitrogens with one attached hydrogen (secondary N) is 2. The molecule has 4 heteroatoms. The van der Waals surface area contributed by atoms with E-state index in [2.05, 4.69) is 15.6 Å². The number of amides is 2. The molecule has 2 amide bonds. The van der Waals surface area contributed by atoms with Gasteiger partial charge in [0.2, 0.25) is 0 Å². The van der Waals surface area contributed by atoms with E-state index in [1.54, 1.807) is 6.20 Å². The topological polar surface area (TPSA) is 54.0 Å². The molecule has 0 spiro atoms. The van der Waals surface area contributed by atoms with Crippen LogP contribution in [0.2, 0.25) is 0 Å². The Labute approximate surface area is 112 Å². The molecule has 0 radical (unpaired) electrons. The minimum Gasteiger partial charge on any atom is -0.334 e. The van der Waals surface area contributed by atoms with Crippen LogP contribution in [-0.4, -0.2) is 11.0 Å². The van der Waals surface area contributed by atoms with Crippen molar-refractivity contribution < 1.29 is 4.79 Å². The summed E-state index contributed by atoms with van der Waals surface area (Å²) < 4.78 is 0. The molecule has 4 nitrogen and oxygen atoms in total. The van der Waals surface area contributed by atoms with Gasteiger partial charge in [-0.25, -0.2) is 9.78 Å². The summed E-state index contributed by atoms with van der Waals surface area (Å²) in [4.78, 5) is 15.9. The van der Waals surface area contributed by atoms with E-state index in [9.17, 15) is 4.79 Å². The number of pyridine rings is 1. The van der Waals surface area contributed by atoms with Gasteiger partial charge in [0, 0.05) is 12.7 Å². The first-order valence-electron chi connectivity index (χ1n) is 6.18. The Kier molecular flexibility index (Phi) is 4.13. The third kappa shape index (κ3) is 3.55. The molecule has 0 bridgehead atoms. The Morgan fingerprint density at radius 1 is 1.11 bits per heavy atom. The standard InChI is InChI=1S/C15H17N3O/c1-11-6-3-4-8-13(11)10-17-15(19)18-14-12(2)7-5-9-16-14/h3-9H,10H2,1-2H3,(H2,16,17,18,19). The monoisotopic (exact) mass is 255 g/mol. The van der Waals surface area contributed by atoms with Crippen LogP contribution in [0, 0.1) is 13.8 Å². The molecule has 0 atom stereocenters. The molecule has 0 saturated carbocycles. The van der Waals surface area contributed by atoms with Gasteiger partial charge in [-0.15, -0.1) is 0 Å². The van der Waals surface area contributed by atoms with Gasteiger partial charge in [-0.05, 0) is 36.6 Å². The first-order valence-corrected chi connectivity index (χ1v) is 6.18. The highest BCUT2D eigenvalue weighted by Crippen LogP contribution is 2.09. The second-order valence-corrected chi connectivity index (χ2v) is 4.40. The average molecular weight is 255 g/mol. The van der Waals surface area contributed by atoms with Crippen molar-refractivity contribution in [2.45, 2.75) is 20.4 Å². The van der Waals surface area contributed by atoms with Crippen molar-refractivity contribution in [2.75, 3.05) is 5.32 Å². The highest BCUT2D eigenvalue weighted by Gasteiger charge is 2.05. The zero-order chi connectivity index (χ0) is 13.7. The van der Waals surface area contributed by atoms with Crippen LogP contribution >= 0.6 is 0 Å². The van der Waals surface area contributed by atoms with E-state index in [1.807, 2.05) is 50.2 Å². The quantitative estimate of drug-likeness (QED) is 0.885. The second kappa shape index (κ2) is 6.00. The fraction of sp³-hybridized carbons (Fsp3) is 0.200. The van der Waals surface area contributed by atoms with Crippen molar-refractivity contribution in [3.8, 4) is 0 Å². The molecule has 0 fully saturated rings. The molecule has 0 aliphatic carbocycles. The average Bonchev–Trinajstić information content (AvgIpc) is 2.40. The van der Waals surface area contributed by atoms with E-state index in [0.717, 1.165) is 16.7 Å². The molecule has 1 aromatic heterocycles. The molecule has 0 aliphatic heterocycles. The van der Waals surface area contributed by atoms with Gasteiger partial charge in [0.15, 0.2) is 0 Å². The largest absolute Gasteiger partial charge is 0.334 e. The number of urea groups is 1. The van der Waals surface area contributed by atoms with Crippen LogP contribution in [0.1, 0.15) is 16.7 Å². The lowest BCUT2D eigenvalue weighted by Crippen LogP contribution is -2.29. The van der Waals surface area contributed by atoms with Crippen molar-refractivity contribution >= 4 is 11.8 Å². The van der Waals surface area contributed by atoms with Crippen molar-refractivity contribution in [2.24, 2.45) is 0 Å². The van der Waals surface area contributed by atoms with E-state index in [1.165, 1.54) is 0 Å². The van der Waals surface area contributed by atoms with Crippen molar-refractivity contribution in [1.29, 1.82) is 0 Å². The molecular weight excluding hydrogens is 238 g/mol. The van der Waals surface area contributed by atoms with Crippen LogP contribution in [0.5, 0.6) is 0 Å². The maximum Gasteiger partial charge on any atom is 0.320 e. The summed E-state index contributed by atoms with van der Waals surface area (Å²) in [7, 11) is 0. The Balaban J connectivity index is 1.92. The number of aromatic nitrogens is 1. The van der Waals surface area contributed by atoms with E-state index < -0.39 is 0 Å². The molecule has 2 N–H and O–H groups in total. The molecule has 19 heavy (non-hydrogen) atoms. The summed E-state index contributed by atoms with van der Waals surface area (Å²) >= 11 is 0. The summed E-state index contributed by atoms with van der Waals surface area (Å²) in [5, 5.41) is 5.56. The molecule has 1 heterocycles. The number of carbonyl (C=O) groups is 1. The van der Waals surface area contributed by atoms with Crippen LogP contribution in [0.15, 0.2) is 42.6 Å². The van der Waals surface area contributed by atoms with Gasteiger partial charge in [-0.1, -0.05) is 30.3 Å². The number of anilines is 1. The molecule has 98 valence electrons. The smallest absolute Gasteiger partial charge is 0.320 e. The lowest BCUT2D eigenvalue weighted by atomic mass is 10.1. The number of benzene rings is 1. The molecule has 0 saturated heterocycles. The summed E-state index contributed by atoms with van der Waals surface area (Å²) in [6.45, 7) is 4.44. The van der Waals surface area contributed by atoms with Crippen molar-refractivity contribution in [3.05, 3.63) is 59.3 Å². The fourth-order valence-corrected chi connectivity index (χ4v) is 1.75. The van der Waals surface area contributed by atoms with E-state index in [0.29, 0.717) is 12.4 Å². The third-order valence-corrected chi connectivity index (χ3v) is 2.94. The van der Waals surface area contributed by atoms with Crippen molar-refractivity contribution in [3.63, 3.8) is 0 Å². The minimum atomic E-state index is -0.245. The van der Waals surface area contributed by atoms with E-state index >= 15 is 0 Å². The molecule has 2 rings (SSSR count). The maximum absolute atomic E-state index is 11.8. The van der Waals surface area contributed by atoms with Gasteiger partial charge in [0.1, 0.15) is 5.82 Å². The summed E-state index contributed by atoms with van der Waals surface area (Å²) in [6, 6.07) is 11.5. The number of hydrogen-bond acceptors (Lipinski definition) is 2. The number of carbonyl (C=O) groups excluding carboxylic acids is 1. The summed E-state index contributed by atoms with van der Waals surface area (Å²) in [6.07, 6.45) is 1.66. The van der Waals surface area contributed by atoms with Crippen LogP contribution in [-0.2, 0) is 6.54 Å². The minimum absolute atomic E-state index is 0.245. The van der Waals surface area contributed by atoms with Gasteiger partial charge in [-0.3, -0.25) is 5.32 Å². The Bertz CT molecular complexity index is 581. The van der Waals surface area contributed by atoms with Crippen molar-refractivity contribution in [1.82, 2.24) is 10.3 Å². The zero-order valence-electron chi connectivity index (χ0n) is 11.1. The number of rotatable bonds is 3. The van der Waals surface area contributed by atoms with Gasteiger partial charge < -0.3 is 5.32 Å². The van der Waals surface area contributed by atoms with Gasteiger partial charge in [0.25, 0.3) is 0 Å². The van der Waals surface area contributed by atoms with Crippen LogP contribution in [0.3, 0.4) is 0 Å². The first kappa shape index (κ1) is 13.1. The van der Waals surface area contributed by atoms with Gasteiger partial charge in [-0.2, -0.15) is 0 Å². The molecular formula is C15H17N3O. The lowest BCUT2D eigenvalue weighted by molar-refractivity contribution is 0.251. The first-order chi connectivity index (χ1) is 9.16. The summed E-state index contributed by atoms with van der Waals surface area (Å²) in [5.74, 6) is 0.588. The molecule has 0 aliphatic rings. The lowest BCUT2D eigenvalue weighted by Gasteiger charge is -2.10. The molecule has 1 aromatic carbocycles. The van der Waals surface area contributed by atoms with Gasteiger partial charge in [0.05, 0.1) is 0 Å². The number of nitrogens with zero attached hydrogens (tertiary/aromatic N) is 1. The predicted molar refractivity (Wildman–Crippen MR) is 76.0 cm³/mol. The SMILES string of the molecule is Cc1ccccc1CNC(=O)Nc1ncccc1C. The third-order valence-electron chi connectivity index (χ3n) is 2.94. The fourth-order valence-electron chi connectivity index (χ4n) is 1.75. The Morgan fingerprint density at radius 3 is 2.58 bits per heavy atom. The highest BCUT2D eigenvalue weighted by molar-refractivity contribution is 5.88. The highest BCUT2D eigenvalue weighted by atomic mass is 16.2. The van der Waals surface area contributed by atoms with Crippen LogP contribution in [0.25, 0.3) is 0 Å². The number of aryl methyl sites for hydroxylation is 2. The van der Waals surface area contributed by atoms with E-state index in [4.69, 9.17) is 0 Å². The van der Waals surface area contributed by atoms with Crippen LogP contribution in [0.4, 0.5) is 10.6 Å². The Hall–Kier alpha value is -2.36. The molecule has 0 unspecified atom stereocenters. The maximum atomic E-state index is 11.8. The summed E-state index contributed by atoms with van der Waals surface area (Å²) in [5.41, 5.74) is 3.21. The number of hydrogen-bond donors (Lipinski definition) is 2. The molecule has 2 aromatic rings. The second-order valence-electron chi connectivity index (χ2n) is 4.40. The predicted octanol–water partition coefficient (Wildman–Crippen LogP) is 3.02. The Morgan fingerprint density at radius 2 is 1.84 bits per heavy atom. The van der Waals surface area contributed by atoms with E-state index in [-0.39, 0.29) is 6.03 Å². The van der Waals surface area contributed by atoms with Gasteiger partial charge >= 0.3 is 6.03 Å².